The number of anilines is 2. The smallest absolute Gasteiger partial charge is 0.460 e. The second-order valence-electron chi connectivity index (χ2n) is 21.9. The fraction of sp³-hybridized carbons (Fsp3) is 0.660. The lowest BCUT2D eigenvalue weighted by molar-refractivity contribution is -0.461. The Kier molecular flexibility index (Phi) is 25.2. The fourth-order valence-corrected chi connectivity index (χ4v) is 8.05. The quantitative estimate of drug-likeness (QED) is 0.0441. The van der Waals surface area contributed by atoms with Gasteiger partial charge in [-0.1, -0.05) is 0 Å². The zero-order valence-electron chi connectivity index (χ0n) is 50.4. The molecule has 1 amide bonds. The maximum Gasteiger partial charge on any atom is 0.460 e. The van der Waals surface area contributed by atoms with Crippen LogP contribution in [0.1, 0.15) is 48.9 Å². The van der Waals surface area contributed by atoms with Crippen molar-refractivity contribution in [3.8, 4) is 28.6 Å². The zero-order chi connectivity index (χ0) is 86.5. The van der Waals surface area contributed by atoms with Crippen LogP contribution in [0.25, 0.3) is 11.4 Å². The number of ether oxygens (including phenoxy) is 3. The summed E-state index contributed by atoms with van der Waals surface area (Å²) >= 11 is 0. The molecule has 0 unspecified atom stereocenters. The van der Waals surface area contributed by atoms with Crippen LogP contribution in [0, 0.1) is 0 Å². The highest BCUT2D eigenvalue weighted by Crippen LogP contribution is 2.69. The van der Waals surface area contributed by atoms with Crippen molar-refractivity contribution in [1.29, 1.82) is 0 Å². The third-order valence-corrected chi connectivity index (χ3v) is 14.4. The molecule has 3 aromatic rings. The Balaban J connectivity index is 2.37. The number of aromatic nitrogens is 2. The van der Waals surface area contributed by atoms with Crippen LogP contribution in [0.4, 0.5) is 235 Å². The molecule has 2 heterocycles. The number of halogens is 51. The van der Waals surface area contributed by atoms with E-state index in [9.17, 15) is 229 Å². The normalized spacial score (nSPS) is 15.5. The SMILES string of the molecule is Nc1cccnc1-c1ncccc1NC(=O)c1cc(OCCCC(F)(F)C(F)(F)C(F)(F)C(F)(F)C(F)(F)C(F)(F)C(F)(F)C(F)(F)F)c(OCCCC(F)(F)C(F)(F)C(F)(F)C(F)(F)C(F)(F)C(F)(F)C(F)(F)C(F)(F)F)c(OCCCC(F)(F)C(F)(F)C(F)(F)C(F)(F)C(F)(F)C(F)(F)C(F)(F)C(F)(F)F)c1. The number of nitrogens with two attached hydrogens (primary N) is 1. The molecule has 8 nitrogen and oxygen atoms in total. The number of pyridine rings is 2. The van der Waals surface area contributed by atoms with E-state index in [0.29, 0.717) is 0 Å². The molecule has 0 saturated heterocycles. The lowest BCUT2D eigenvalue weighted by Crippen LogP contribution is -2.74. The van der Waals surface area contributed by atoms with Crippen molar-refractivity contribution in [2.75, 3.05) is 30.9 Å². The highest BCUT2D eigenvalue weighted by atomic mass is 19.5. The van der Waals surface area contributed by atoms with Gasteiger partial charge in [0.15, 0.2) is 11.5 Å². The largest absolute Gasteiger partial charge is 0.490 e. The minimum Gasteiger partial charge on any atom is -0.490 e. The number of amides is 1. The minimum atomic E-state index is -9.28. The van der Waals surface area contributed by atoms with Gasteiger partial charge >= 0.3 is 143 Å². The molecule has 109 heavy (non-hydrogen) atoms. The van der Waals surface area contributed by atoms with Crippen molar-refractivity contribution < 1.29 is 243 Å². The molecule has 1 aromatic carbocycles. The molecule has 0 aliphatic heterocycles. The van der Waals surface area contributed by atoms with E-state index in [1.54, 1.807) is 5.32 Å². The van der Waals surface area contributed by atoms with Gasteiger partial charge in [-0.25, -0.2) is 0 Å². The summed E-state index contributed by atoms with van der Waals surface area (Å²) in [4.78, 5) is 21.3. The third-order valence-electron chi connectivity index (χ3n) is 14.4. The number of benzene rings is 1. The Hall–Kier alpha value is -7.38. The summed E-state index contributed by atoms with van der Waals surface area (Å²) in [6.07, 6.45) is -41.7. The number of nitrogen functional groups attached to an aromatic ring is 1. The molecule has 0 spiro atoms. The summed E-state index contributed by atoms with van der Waals surface area (Å²) in [5, 5.41) is 1.78. The average Bonchev–Trinajstić information content (AvgIpc) is 0.705. The van der Waals surface area contributed by atoms with Gasteiger partial charge in [0, 0.05) is 37.2 Å². The number of rotatable bonds is 36. The van der Waals surface area contributed by atoms with E-state index in [1.807, 2.05) is 0 Å². The summed E-state index contributed by atoms with van der Waals surface area (Å²) in [7, 11) is 0. The predicted octanol–water partition coefficient (Wildman–Crippen LogP) is 21.5. The fourth-order valence-electron chi connectivity index (χ4n) is 8.05. The standard InChI is InChI=1S/C50H29F51N4O4/c51-27(52,30(57,58)33(63,64)36(69,70)39(75,76)42(81,82)45(87,88)48(93,94)95)8-3-13-107-21-16-18(26(106)105-20-7-2-12-104-24(20)23-19(102)6-1-11-103-23)17-22(108-14-4-9-28(53,54)31(59,60)34(65,66)37(71,72)40(77,78)43(83,84)46(89,90)49(96,97)98)25(21)109-15-5-10-29(55,56)32(61,62)35(67,68)38(73,74)41(79,80)44(85,86)47(91,92)50(99,100)101/h1-2,6-7,11-12,16-17H,3-5,8-10,13-15,102H2,(H,105,106). The summed E-state index contributed by atoms with van der Waals surface area (Å²) in [5.74, 6) is -193. The Labute approximate surface area is 565 Å². The maximum absolute atomic E-state index is 15.0. The molecule has 0 saturated carbocycles. The van der Waals surface area contributed by atoms with Gasteiger partial charge in [0.25, 0.3) is 5.91 Å². The highest BCUT2D eigenvalue weighted by molar-refractivity contribution is 6.07. The lowest BCUT2D eigenvalue weighted by Gasteiger charge is -2.42. The molecule has 0 fully saturated rings. The van der Waals surface area contributed by atoms with E-state index in [4.69, 9.17) is 5.73 Å². The van der Waals surface area contributed by atoms with Crippen molar-refractivity contribution in [1.82, 2.24) is 9.97 Å². The summed E-state index contributed by atoms with van der Waals surface area (Å²) < 4.78 is 726. The summed E-state index contributed by atoms with van der Waals surface area (Å²) in [6.45, 7) is -7.41. The van der Waals surface area contributed by atoms with Crippen LogP contribution in [0.3, 0.4) is 0 Å². The Morgan fingerprint density at radius 3 is 0.798 bits per heavy atom. The first kappa shape index (κ1) is 95.8. The molecule has 0 atom stereocenters. The topological polar surface area (TPSA) is 109 Å². The first-order chi connectivity index (χ1) is 47.8. The second-order valence-corrected chi connectivity index (χ2v) is 21.9. The van der Waals surface area contributed by atoms with Crippen LogP contribution >= 0.6 is 0 Å². The number of hydrogen-bond donors (Lipinski definition) is 2. The summed E-state index contributed by atoms with van der Waals surface area (Å²) in [6, 6.07) is 3.07. The van der Waals surface area contributed by atoms with Crippen LogP contribution in [-0.4, -0.2) is 179 Å². The Bertz CT molecular complexity index is 3540. The molecule has 59 heteroatoms. The van der Waals surface area contributed by atoms with Gasteiger partial charge < -0.3 is 25.3 Å². The van der Waals surface area contributed by atoms with E-state index >= 15 is 0 Å². The van der Waals surface area contributed by atoms with E-state index in [2.05, 4.69) is 24.2 Å². The molecule has 0 aliphatic carbocycles. The molecule has 630 valence electrons. The number of nitrogens with one attached hydrogen (secondary N) is 1. The first-order valence-corrected chi connectivity index (χ1v) is 26.9. The van der Waals surface area contributed by atoms with E-state index < -0.39 is 253 Å². The molecular formula is C50H29F51N4O4. The van der Waals surface area contributed by atoms with Crippen LogP contribution in [0.5, 0.6) is 17.2 Å². The average molecular weight is 1720 g/mol. The van der Waals surface area contributed by atoms with E-state index in [0.717, 1.165) is 36.7 Å². The first-order valence-electron chi connectivity index (χ1n) is 26.9. The monoisotopic (exact) mass is 1720 g/mol. The van der Waals surface area contributed by atoms with Crippen LogP contribution in [-0.2, 0) is 0 Å². The highest BCUT2D eigenvalue weighted by Gasteiger charge is 2.98. The molecule has 2 aromatic heterocycles. The van der Waals surface area contributed by atoms with Gasteiger partial charge in [0.1, 0.15) is 11.4 Å². The predicted molar refractivity (Wildman–Crippen MR) is 253 cm³/mol. The maximum atomic E-state index is 15.0. The molecule has 0 radical (unpaired) electrons. The van der Waals surface area contributed by atoms with Crippen LogP contribution in [0.15, 0.2) is 48.8 Å². The van der Waals surface area contributed by atoms with Gasteiger partial charge in [0.2, 0.25) is 5.75 Å². The molecule has 0 aliphatic rings. The van der Waals surface area contributed by atoms with Gasteiger partial charge in [-0.05, 0) is 55.7 Å². The van der Waals surface area contributed by atoms with Gasteiger partial charge in [0.05, 0.1) is 31.2 Å². The molecule has 3 rings (SSSR count). The van der Waals surface area contributed by atoms with Crippen LogP contribution in [0.2, 0.25) is 0 Å². The van der Waals surface area contributed by atoms with Gasteiger partial charge in [-0.3, -0.25) is 14.8 Å². The Morgan fingerprint density at radius 2 is 0.541 bits per heavy atom. The molecule has 3 N–H and O–H groups in total. The van der Waals surface area contributed by atoms with Crippen molar-refractivity contribution >= 4 is 17.3 Å². The zero-order valence-corrected chi connectivity index (χ0v) is 50.4. The van der Waals surface area contributed by atoms with E-state index in [-0.39, 0.29) is 12.1 Å². The minimum absolute atomic E-state index is 0.284. The van der Waals surface area contributed by atoms with Gasteiger partial charge in [-0.15, -0.1) is 0 Å². The lowest BCUT2D eigenvalue weighted by atomic mass is 9.88. The number of hydrogen-bond acceptors (Lipinski definition) is 7. The van der Waals surface area contributed by atoms with Crippen molar-refractivity contribution in [2.45, 2.75) is 181 Å². The number of nitrogens with zero attached hydrogens (tertiary/aromatic N) is 2. The molecule has 0 bridgehead atoms. The second kappa shape index (κ2) is 28.7. The third kappa shape index (κ3) is 15.0. The van der Waals surface area contributed by atoms with Crippen LogP contribution < -0.4 is 25.3 Å². The van der Waals surface area contributed by atoms with Gasteiger partial charge in [-0.2, -0.15) is 224 Å². The number of carbonyl (C=O) groups is 1. The van der Waals surface area contributed by atoms with Crippen molar-refractivity contribution in [2.24, 2.45) is 0 Å². The number of carbonyl (C=O) groups excluding carboxylic acids is 1. The van der Waals surface area contributed by atoms with Crippen molar-refractivity contribution in [3.63, 3.8) is 0 Å². The number of alkyl halides is 51. The Morgan fingerprint density at radius 1 is 0.312 bits per heavy atom. The van der Waals surface area contributed by atoms with E-state index in [1.165, 1.54) is 0 Å². The molecular weight excluding hydrogens is 1690 g/mol. The van der Waals surface area contributed by atoms with Crippen molar-refractivity contribution in [3.05, 3.63) is 54.4 Å². The summed E-state index contributed by atoms with van der Waals surface area (Å²) in [5.41, 5.74) is 1.77.